The van der Waals surface area contributed by atoms with Crippen molar-refractivity contribution in [1.82, 2.24) is 5.32 Å². The molecule has 1 N–H and O–H groups in total. The third-order valence-corrected chi connectivity index (χ3v) is 4.92. The molecular weight excluding hydrogens is 252 g/mol. The molecular formula is C14H21F2NS. The van der Waals surface area contributed by atoms with Gasteiger partial charge in [-0.15, -0.1) is 11.3 Å². The normalized spacial score (nSPS) is 21.9. The molecule has 0 radical (unpaired) electrons. The first-order valence-corrected chi connectivity index (χ1v) is 7.56. The van der Waals surface area contributed by atoms with Gasteiger partial charge in [0.2, 0.25) is 5.92 Å². The topological polar surface area (TPSA) is 12.0 Å². The Labute approximate surface area is 112 Å². The van der Waals surface area contributed by atoms with E-state index in [1.54, 1.807) is 11.3 Å². The molecule has 1 unspecified atom stereocenters. The van der Waals surface area contributed by atoms with Gasteiger partial charge in [0.15, 0.2) is 0 Å². The summed E-state index contributed by atoms with van der Waals surface area (Å²) in [6, 6.07) is 4.59. The van der Waals surface area contributed by atoms with Crippen molar-refractivity contribution in [2.24, 2.45) is 5.92 Å². The van der Waals surface area contributed by atoms with Gasteiger partial charge in [-0.25, -0.2) is 8.78 Å². The lowest BCUT2D eigenvalue weighted by Gasteiger charge is -2.33. The van der Waals surface area contributed by atoms with Gasteiger partial charge in [0.25, 0.3) is 0 Å². The quantitative estimate of drug-likeness (QED) is 0.852. The number of alkyl halides is 2. The summed E-state index contributed by atoms with van der Waals surface area (Å²) >= 11 is 1.77. The molecule has 1 saturated carbocycles. The molecule has 0 bridgehead atoms. The van der Waals surface area contributed by atoms with Crippen molar-refractivity contribution in [2.45, 2.75) is 50.5 Å². The highest BCUT2D eigenvalue weighted by molar-refractivity contribution is 7.09. The number of hydrogen-bond acceptors (Lipinski definition) is 2. The van der Waals surface area contributed by atoms with Crippen molar-refractivity contribution >= 4 is 11.3 Å². The third-order valence-electron chi connectivity index (χ3n) is 3.98. The largest absolute Gasteiger partial charge is 0.317 e. The summed E-state index contributed by atoms with van der Waals surface area (Å²) in [6.07, 6.45) is 3.54. The van der Waals surface area contributed by atoms with Crippen molar-refractivity contribution < 1.29 is 8.78 Å². The van der Waals surface area contributed by atoms with Crippen LogP contribution in [0.25, 0.3) is 0 Å². The van der Waals surface area contributed by atoms with E-state index in [0.29, 0.717) is 24.8 Å². The van der Waals surface area contributed by atoms with E-state index in [0.717, 1.165) is 12.8 Å². The van der Waals surface area contributed by atoms with E-state index in [2.05, 4.69) is 22.8 Å². The molecule has 1 heterocycles. The molecule has 0 spiro atoms. The zero-order chi connectivity index (χ0) is 13.0. The summed E-state index contributed by atoms with van der Waals surface area (Å²) in [6.45, 7) is 0. The van der Waals surface area contributed by atoms with Gasteiger partial charge >= 0.3 is 0 Å². The highest BCUT2D eigenvalue weighted by Gasteiger charge is 2.37. The minimum absolute atomic E-state index is 0.0643. The lowest BCUT2D eigenvalue weighted by molar-refractivity contribution is -0.0495. The van der Waals surface area contributed by atoms with Gasteiger partial charge in [-0.2, -0.15) is 0 Å². The van der Waals surface area contributed by atoms with Crippen LogP contribution in [0.4, 0.5) is 8.78 Å². The first-order chi connectivity index (χ1) is 8.61. The fraction of sp³-hybridized carbons (Fsp3) is 0.714. The van der Waals surface area contributed by atoms with E-state index in [9.17, 15) is 8.78 Å². The van der Waals surface area contributed by atoms with Crippen LogP contribution in [0, 0.1) is 5.92 Å². The molecule has 1 nitrogen and oxygen atoms in total. The second kappa shape index (κ2) is 6.11. The standard InChI is InChI=1S/C14H21F2NS/c1-17-13(5-4-12-3-2-10-18-12)11-6-8-14(15,16)9-7-11/h2-3,10-11,13,17H,4-9H2,1H3. The molecule has 0 saturated heterocycles. The maximum atomic E-state index is 13.1. The van der Waals surface area contributed by atoms with E-state index >= 15 is 0 Å². The van der Waals surface area contributed by atoms with Crippen molar-refractivity contribution in [1.29, 1.82) is 0 Å². The zero-order valence-corrected chi connectivity index (χ0v) is 11.6. The molecule has 4 heteroatoms. The number of thiophene rings is 1. The van der Waals surface area contributed by atoms with Crippen LogP contribution in [0.3, 0.4) is 0 Å². The van der Waals surface area contributed by atoms with Crippen LogP contribution < -0.4 is 5.32 Å². The average Bonchev–Trinajstić information content (AvgIpc) is 2.84. The Hall–Kier alpha value is -0.480. The second-order valence-corrected chi connectivity index (χ2v) is 6.24. The Morgan fingerprint density at radius 1 is 1.44 bits per heavy atom. The molecule has 1 aliphatic rings. The van der Waals surface area contributed by atoms with Crippen molar-refractivity contribution in [3.63, 3.8) is 0 Å². The predicted octanol–water partition coefficient (Wildman–Crippen LogP) is 4.09. The molecule has 1 fully saturated rings. The maximum absolute atomic E-state index is 13.1. The molecule has 0 amide bonds. The maximum Gasteiger partial charge on any atom is 0.248 e. The average molecular weight is 273 g/mol. The molecule has 1 aliphatic carbocycles. The fourth-order valence-electron chi connectivity index (χ4n) is 2.83. The summed E-state index contributed by atoms with van der Waals surface area (Å²) in [5, 5.41) is 5.41. The minimum atomic E-state index is -2.41. The van der Waals surface area contributed by atoms with Gasteiger partial charge in [-0.1, -0.05) is 6.07 Å². The summed E-state index contributed by atoms with van der Waals surface area (Å²) < 4.78 is 26.3. The van der Waals surface area contributed by atoms with Crippen molar-refractivity contribution in [3.8, 4) is 0 Å². The predicted molar refractivity (Wildman–Crippen MR) is 72.4 cm³/mol. The molecule has 2 rings (SSSR count). The van der Waals surface area contributed by atoms with Crippen LogP contribution in [0.2, 0.25) is 0 Å². The number of nitrogens with one attached hydrogen (secondary N) is 1. The lowest BCUT2D eigenvalue weighted by atomic mass is 9.80. The van der Waals surface area contributed by atoms with Gasteiger partial charge < -0.3 is 5.32 Å². The summed E-state index contributed by atoms with van der Waals surface area (Å²) in [7, 11) is 1.95. The summed E-state index contributed by atoms with van der Waals surface area (Å²) in [4.78, 5) is 1.39. The van der Waals surface area contributed by atoms with Crippen LogP contribution in [0.15, 0.2) is 17.5 Å². The number of rotatable bonds is 5. The molecule has 1 atom stereocenters. The Kier molecular flexibility index (Phi) is 4.73. The highest BCUT2D eigenvalue weighted by atomic mass is 32.1. The summed E-state index contributed by atoms with van der Waals surface area (Å²) in [5.74, 6) is -2.00. The van der Waals surface area contributed by atoms with Gasteiger partial charge in [0.05, 0.1) is 0 Å². The molecule has 0 aromatic carbocycles. The Morgan fingerprint density at radius 3 is 2.72 bits per heavy atom. The van der Waals surface area contributed by atoms with Crippen LogP contribution in [0.5, 0.6) is 0 Å². The number of halogens is 2. The highest BCUT2D eigenvalue weighted by Crippen LogP contribution is 2.38. The van der Waals surface area contributed by atoms with Crippen LogP contribution in [0.1, 0.15) is 37.0 Å². The zero-order valence-electron chi connectivity index (χ0n) is 10.8. The SMILES string of the molecule is CNC(CCc1cccs1)C1CCC(F)(F)CC1. The van der Waals surface area contributed by atoms with Gasteiger partial charge in [-0.05, 0) is 50.1 Å². The smallest absolute Gasteiger partial charge is 0.248 e. The Bertz CT molecular complexity index is 341. The van der Waals surface area contributed by atoms with E-state index in [1.165, 1.54) is 4.88 Å². The van der Waals surface area contributed by atoms with Crippen molar-refractivity contribution in [3.05, 3.63) is 22.4 Å². The first-order valence-electron chi connectivity index (χ1n) is 6.68. The second-order valence-electron chi connectivity index (χ2n) is 5.21. The third kappa shape index (κ3) is 3.75. The van der Waals surface area contributed by atoms with Crippen LogP contribution >= 0.6 is 11.3 Å². The first kappa shape index (κ1) is 13.9. The van der Waals surface area contributed by atoms with E-state index < -0.39 is 5.92 Å². The monoisotopic (exact) mass is 273 g/mol. The number of aryl methyl sites for hydroxylation is 1. The minimum Gasteiger partial charge on any atom is -0.317 e. The van der Waals surface area contributed by atoms with Crippen LogP contribution in [-0.4, -0.2) is 19.0 Å². The number of hydrogen-bond donors (Lipinski definition) is 1. The Morgan fingerprint density at radius 2 is 2.17 bits per heavy atom. The molecule has 0 aliphatic heterocycles. The van der Waals surface area contributed by atoms with E-state index in [4.69, 9.17) is 0 Å². The van der Waals surface area contributed by atoms with E-state index in [-0.39, 0.29) is 12.8 Å². The molecule has 102 valence electrons. The van der Waals surface area contributed by atoms with Gasteiger partial charge in [0, 0.05) is 23.8 Å². The van der Waals surface area contributed by atoms with Gasteiger partial charge in [0.1, 0.15) is 0 Å². The Balaban J connectivity index is 1.82. The molecule has 18 heavy (non-hydrogen) atoms. The van der Waals surface area contributed by atoms with Crippen LogP contribution in [-0.2, 0) is 6.42 Å². The van der Waals surface area contributed by atoms with Gasteiger partial charge in [-0.3, -0.25) is 0 Å². The molecule has 1 aromatic rings. The summed E-state index contributed by atoms with van der Waals surface area (Å²) in [5.41, 5.74) is 0. The molecule has 1 aromatic heterocycles. The lowest BCUT2D eigenvalue weighted by Crippen LogP contribution is -2.38. The van der Waals surface area contributed by atoms with Crippen molar-refractivity contribution in [2.75, 3.05) is 7.05 Å². The van der Waals surface area contributed by atoms with E-state index in [1.807, 2.05) is 7.05 Å². The fourth-order valence-corrected chi connectivity index (χ4v) is 3.56.